The summed E-state index contributed by atoms with van der Waals surface area (Å²) in [6.45, 7) is -0.242. The van der Waals surface area contributed by atoms with Crippen molar-refractivity contribution < 1.29 is 77.6 Å². The van der Waals surface area contributed by atoms with Crippen molar-refractivity contribution in [2.45, 2.75) is 67.1 Å². The molecule has 0 aromatic carbocycles. The second kappa shape index (κ2) is 14.3. The van der Waals surface area contributed by atoms with Crippen molar-refractivity contribution in [2.24, 2.45) is 0 Å². The SMILES string of the molecule is CC(=O)N[C@H]1C(O)O[C@H](CO)[C@@H](O)[C@@H]1O.O=c1cc(S)n([C@@H]2O[C@H](COP(=O)(O)OP(=O)(O)O)[C@@H](O)[C@H]2O)c(=O)[nH]1. The van der Waals surface area contributed by atoms with Gasteiger partial charge < -0.3 is 60.1 Å². The number of aliphatic hydroxyl groups is 6. The fourth-order valence-corrected chi connectivity index (χ4v) is 5.55. The first-order valence-corrected chi connectivity index (χ1v) is 14.6. The number of thiol groups is 1. The Morgan fingerprint density at radius 3 is 2.15 bits per heavy atom. The smallest absolute Gasteiger partial charge is 0.394 e. The Labute approximate surface area is 234 Å². The predicted octanol–water partition coefficient (Wildman–Crippen LogP) is -5.41. The summed E-state index contributed by atoms with van der Waals surface area (Å²) in [4.78, 5) is 61.8. The topological polar surface area (TPSA) is 337 Å². The molecule has 2 saturated heterocycles. The van der Waals surface area contributed by atoms with Gasteiger partial charge in [0.05, 0.1) is 18.2 Å². The van der Waals surface area contributed by atoms with Crippen LogP contribution in [-0.4, -0.2) is 123 Å². The number of rotatable bonds is 8. The molecule has 2 fully saturated rings. The third-order valence-electron chi connectivity index (χ3n) is 5.43. The molecule has 24 heteroatoms. The third-order valence-corrected chi connectivity index (χ3v) is 7.93. The molecule has 3 heterocycles. The predicted molar refractivity (Wildman–Crippen MR) is 131 cm³/mol. The second-order valence-electron chi connectivity index (χ2n) is 8.50. The van der Waals surface area contributed by atoms with Crippen molar-refractivity contribution in [1.29, 1.82) is 0 Å². The van der Waals surface area contributed by atoms with Crippen molar-refractivity contribution in [3.8, 4) is 0 Å². The van der Waals surface area contributed by atoms with E-state index in [-0.39, 0.29) is 5.03 Å². The van der Waals surface area contributed by atoms with E-state index in [0.29, 0.717) is 4.57 Å². The van der Waals surface area contributed by atoms with E-state index in [9.17, 15) is 53.9 Å². The maximum Gasteiger partial charge on any atom is 0.481 e. The number of nitrogens with one attached hydrogen (secondary N) is 2. The van der Waals surface area contributed by atoms with Crippen LogP contribution in [0.15, 0.2) is 20.7 Å². The molecule has 236 valence electrons. The molecule has 21 nitrogen and oxygen atoms in total. The van der Waals surface area contributed by atoms with Crippen LogP contribution in [0.1, 0.15) is 13.2 Å². The number of hydrogen-bond acceptors (Lipinski definition) is 16. The maximum absolute atomic E-state index is 11.8. The Morgan fingerprint density at radius 1 is 1.05 bits per heavy atom. The molecule has 10 atom stereocenters. The summed E-state index contributed by atoms with van der Waals surface area (Å²) in [7, 11) is -10.5. The van der Waals surface area contributed by atoms with Crippen LogP contribution in [-0.2, 0) is 32.2 Å². The largest absolute Gasteiger partial charge is 0.481 e. The summed E-state index contributed by atoms with van der Waals surface area (Å²) in [5.74, 6) is -0.462. The van der Waals surface area contributed by atoms with Crippen LogP contribution in [0.2, 0.25) is 0 Å². The number of nitrogens with zero attached hydrogens (tertiary/aromatic N) is 1. The van der Waals surface area contributed by atoms with E-state index >= 15 is 0 Å². The molecule has 0 saturated carbocycles. The quantitative estimate of drug-likeness (QED) is 0.0705. The van der Waals surface area contributed by atoms with Crippen molar-refractivity contribution in [1.82, 2.24) is 14.9 Å². The molecule has 1 aromatic heterocycles. The first kappa shape index (κ1) is 35.6. The normalized spacial score (nSPS) is 33.4. The van der Waals surface area contributed by atoms with Crippen LogP contribution in [0.4, 0.5) is 0 Å². The number of carbonyl (C=O) groups excluding carboxylic acids is 1. The molecule has 1 aromatic rings. The van der Waals surface area contributed by atoms with Gasteiger partial charge in [-0.15, -0.1) is 12.6 Å². The maximum atomic E-state index is 11.8. The van der Waals surface area contributed by atoms with Gasteiger partial charge in [0.2, 0.25) is 5.91 Å². The molecule has 2 aliphatic heterocycles. The van der Waals surface area contributed by atoms with Crippen molar-refractivity contribution in [3.05, 3.63) is 26.9 Å². The molecule has 41 heavy (non-hydrogen) atoms. The van der Waals surface area contributed by atoms with E-state index in [2.05, 4.69) is 26.8 Å². The molecule has 0 spiro atoms. The minimum Gasteiger partial charge on any atom is -0.394 e. The van der Waals surface area contributed by atoms with Crippen molar-refractivity contribution in [3.63, 3.8) is 0 Å². The van der Waals surface area contributed by atoms with Gasteiger partial charge in [-0.05, 0) is 0 Å². The number of carbonyl (C=O) groups is 1. The summed E-state index contributed by atoms with van der Waals surface area (Å²) in [6.07, 6.45) is -11.7. The van der Waals surface area contributed by atoms with E-state index in [4.69, 9.17) is 24.4 Å². The number of phosphoric acid groups is 2. The zero-order chi connectivity index (χ0) is 31.4. The van der Waals surface area contributed by atoms with Gasteiger partial charge in [0.15, 0.2) is 12.5 Å². The lowest BCUT2D eigenvalue weighted by Gasteiger charge is -2.40. The number of H-pyrrole nitrogens is 1. The van der Waals surface area contributed by atoms with Gasteiger partial charge >= 0.3 is 21.3 Å². The van der Waals surface area contributed by atoms with Crippen molar-refractivity contribution in [2.75, 3.05) is 13.2 Å². The number of hydrogen-bond donors (Lipinski definition) is 12. The molecule has 0 aliphatic carbocycles. The number of ether oxygens (including phenoxy) is 2. The summed E-state index contributed by atoms with van der Waals surface area (Å²) in [6, 6.07) is -0.188. The van der Waals surface area contributed by atoms with Gasteiger partial charge in [-0.1, -0.05) is 0 Å². The van der Waals surface area contributed by atoms with E-state index in [0.717, 1.165) is 6.07 Å². The Hall–Kier alpha value is -1.56. The molecule has 11 N–H and O–H groups in total. The zero-order valence-electron chi connectivity index (χ0n) is 20.7. The second-order valence-corrected chi connectivity index (χ2v) is 11.8. The standard InChI is InChI=1S/C9H14N2O12P2S.C8H15NO6/c12-4-1-5(26)11(9(15)10-4)8-7(14)6(13)3(22-8)2-21-25(19,20)23-24(16,17)18;1-3(11)9-5-7(13)6(12)4(2-10)15-8(5)14/h1,3,6-8,13-14,26H,2H2,(H,19,20)(H,10,12,15)(H2,16,17,18);4-8,10,12-14H,2H2,1H3,(H,9,11)/t3-,6-,7-,8-;4-,5-,6-,7-,8?/m11/s1. The number of aromatic nitrogens is 2. The molecule has 2 unspecified atom stereocenters. The molecule has 3 rings (SSSR count). The summed E-state index contributed by atoms with van der Waals surface area (Å²) < 4.78 is 40.5. The molecule has 0 radical (unpaired) electrons. The molecule has 0 bridgehead atoms. The molecular weight excluding hydrogens is 628 g/mol. The van der Waals surface area contributed by atoms with Crippen LogP contribution in [0.3, 0.4) is 0 Å². The molecule has 1 amide bonds. The number of aliphatic hydroxyl groups excluding tert-OH is 6. The summed E-state index contributed by atoms with van der Waals surface area (Å²) in [5, 5.41) is 59.1. The van der Waals surface area contributed by atoms with Gasteiger partial charge in [-0.3, -0.25) is 23.7 Å². The third kappa shape index (κ3) is 9.73. The summed E-state index contributed by atoms with van der Waals surface area (Å²) in [5.41, 5.74) is -1.77. The van der Waals surface area contributed by atoms with E-state index < -0.39 is 101 Å². The number of amides is 1. The highest BCUT2D eigenvalue weighted by Crippen LogP contribution is 2.57. The van der Waals surface area contributed by atoms with Gasteiger partial charge in [-0.25, -0.2) is 13.9 Å². The zero-order valence-corrected chi connectivity index (χ0v) is 23.4. The van der Waals surface area contributed by atoms with Gasteiger partial charge in [0.1, 0.15) is 42.7 Å². The number of aromatic amines is 1. The fraction of sp³-hybridized carbons (Fsp3) is 0.706. The molecular formula is C17H29N3O18P2S. The summed E-state index contributed by atoms with van der Waals surface area (Å²) >= 11 is 3.90. The lowest BCUT2D eigenvalue weighted by Crippen LogP contribution is -2.63. The lowest BCUT2D eigenvalue weighted by atomic mass is 9.97. The van der Waals surface area contributed by atoms with E-state index in [1.165, 1.54) is 6.92 Å². The first-order valence-electron chi connectivity index (χ1n) is 11.2. The molecule has 2 aliphatic rings. The average Bonchev–Trinajstić information content (AvgIpc) is 3.09. The average molecular weight is 657 g/mol. The van der Waals surface area contributed by atoms with Gasteiger partial charge in [-0.2, -0.15) is 4.31 Å². The highest BCUT2D eigenvalue weighted by molar-refractivity contribution is 7.80. The fourth-order valence-electron chi connectivity index (χ4n) is 3.63. The van der Waals surface area contributed by atoms with Gasteiger partial charge in [0, 0.05) is 13.0 Å². The number of phosphoric ester groups is 1. The minimum atomic E-state index is -5.33. The van der Waals surface area contributed by atoms with Crippen LogP contribution in [0.5, 0.6) is 0 Å². The van der Waals surface area contributed by atoms with Crippen molar-refractivity contribution >= 4 is 34.2 Å². The van der Waals surface area contributed by atoms with E-state index in [1.807, 2.05) is 4.98 Å². The monoisotopic (exact) mass is 657 g/mol. The van der Waals surface area contributed by atoms with E-state index in [1.54, 1.807) is 0 Å². The highest BCUT2D eigenvalue weighted by atomic mass is 32.1. The van der Waals surface area contributed by atoms with Crippen LogP contribution < -0.4 is 16.6 Å². The Kier molecular flexibility index (Phi) is 12.4. The Morgan fingerprint density at radius 2 is 1.63 bits per heavy atom. The Balaban J connectivity index is 0.000000333. The van der Waals surface area contributed by atoms with Crippen LogP contribution in [0, 0.1) is 0 Å². The highest BCUT2D eigenvalue weighted by Gasteiger charge is 2.46. The first-order chi connectivity index (χ1) is 18.8. The Bertz CT molecular complexity index is 1270. The minimum absolute atomic E-state index is 0.200. The lowest BCUT2D eigenvalue weighted by molar-refractivity contribution is -0.253. The van der Waals surface area contributed by atoms with Crippen LogP contribution in [0.25, 0.3) is 0 Å². The van der Waals surface area contributed by atoms with Gasteiger partial charge in [0.25, 0.3) is 5.56 Å². The van der Waals surface area contributed by atoms with Crippen LogP contribution >= 0.6 is 28.3 Å².